The number of aromatic nitrogens is 4. The molecular weight excluding hydrogens is 837 g/mol. The van der Waals surface area contributed by atoms with E-state index in [2.05, 4.69) is 35.9 Å². The molecule has 0 unspecified atom stereocenters. The summed E-state index contributed by atoms with van der Waals surface area (Å²) in [5.41, 5.74) is 12.8. The molecule has 1 aliphatic heterocycles. The number of carbonyl (C=O) groups is 8. The van der Waals surface area contributed by atoms with E-state index in [0.717, 1.165) is 12.0 Å². The maximum absolute atomic E-state index is 13.3. The second-order valence-electron chi connectivity index (χ2n) is 14.4. The molecule has 2 aromatic heterocycles. The average molecular weight is 879 g/mol. The van der Waals surface area contributed by atoms with Gasteiger partial charge in [0.25, 0.3) is 17.7 Å². The summed E-state index contributed by atoms with van der Waals surface area (Å²) in [7, 11) is 1.12. The molecule has 3 atom stereocenters. The number of rotatable bonds is 17. The van der Waals surface area contributed by atoms with E-state index in [0.29, 0.717) is 17.8 Å². The zero-order valence-corrected chi connectivity index (χ0v) is 34.0. The van der Waals surface area contributed by atoms with Crippen LogP contribution in [0.3, 0.4) is 0 Å². The third kappa shape index (κ3) is 10.9. The van der Waals surface area contributed by atoms with Gasteiger partial charge in [0.15, 0.2) is 17.0 Å². The third-order valence-electron chi connectivity index (χ3n) is 9.57. The number of nitrogen functional groups attached to an aromatic ring is 2. The first-order valence-corrected chi connectivity index (χ1v) is 19.0. The number of carbonyl (C=O) groups excluding carboxylic acids is 8. The average Bonchev–Trinajstić information content (AvgIpc) is 3.47. The number of methoxy groups -OCH3 is 1. The lowest BCUT2D eigenvalue weighted by atomic mass is 10.0. The number of fused-ring (bicyclic) bond motifs is 2. The Hall–Kier alpha value is -7.79. The molecule has 0 bridgehead atoms. The number of imide groups is 1. The van der Waals surface area contributed by atoms with Crippen LogP contribution in [-0.4, -0.2) is 111 Å². The van der Waals surface area contributed by atoms with Gasteiger partial charge < -0.3 is 42.4 Å². The molecule has 63 heavy (non-hydrogen) atoms. The van der Waals surface area contributed by atoms with Gasteiger partial charge in [0, 0.05) is 23.5 Å². The number of benzene rings is 2. The summed E-state index contributed by atoms with van der Waals surface area (Å²) in [6.07, 6.45) is -3.29. The van der Waals surface area contributed by atoms with Crippen molar-refractivity contribution < 1.29 is 56.3 Å². The van der Waals surface area contributed by atoms with Crippen LogP contribution in [0.15, 0.2) is 48.7 Å². The summed E-state index contributed by atoms with van der Waals surface area (Å²) in [5.74, 6) is -7.84. The third-order valence-corrected chi connectivity index (χ3v) is 9.57. The van der Waals surface area contributed by atoms with Gasteiger partial charge in [0.05, 0.1) is 36.7 Å². The zero-order chi connectivity index (χ0) is 46.3. The van der Waals surface area contributed by atoms with Crippen LogP contribution in [0.5, 0.6) is 0 Å². The van der Waals surface area contributed by atoms with Crippen molar-refractivity contribution in [3.8, 4) is 0 Å². The molecule has 0 fully saturated rings. The molecule has 0 spiro atoms. The molecule has 4 aromatic rings. The second-order valence-corrected chi connectivity index (χ2v) is 14.4. The number of nitrogens with one attached hydrogen (secondary N) is 4. The van der Waals surface area contributed by atoms with Gasteiger partial charge in [-0.15, -0.1) is 0 Å². The Balaban J connectivity index is 1.15. The molecule has 7 amide bonds. The Labute approximate surface area is 355 Å². The Morgan fingerprint density at radius 3 is 2.22 bits per heavy atom. The molecule has 8 N–H and O–H groups in total. The van der Waals surface area contributed by atoms with Crippen molar-refractivity contribution in [1.29, 1.82) is 0 Å². The van der Waals surface area contributed by atoms with Crippen LogP contribution in [-0.2, 0) is 35.3 Å². The Bertz CT molecular complexity index is 2470. The topological polar surface area (TPSA) is 304 Å². The first-order chi connectivity index (χ1) is 29.7. The fraction of sp³-hybridized carbons (Fsp3) is 0.333. The van der Waals surface area contributed by atoms with E-state index in [9.17, 15) is 51.5 Å². The quantitative estimate of drug-likeness (QED) is 0.0494. The normalized spacial score (nSPS) is 13.7. The highest BCUT2D eigenvalue weighted by molar-refractivity contribution is 6.22. The number of esters is 1. The van der Waals surface area contributed by atoms with E-state index in [1.54, 1.807) is 5.32 Å². The summed E-state index contributed by atoms with van der Waals surface area (Å²) in [5, 5.41) is 8.92. The molecular formula is C39H41F3N12O9. The summed E-state index contributed by atoms with van der Waals surface area (Å²) in [4.78, 5) is 120. The van der Waals surface area contributed by atoms with E-state index in [-0.39, 0.29) is 71.2 Å². The Morgan fingerprint density at radius 2 is 1.59 bits per heavy atom. The van der Waals surface area contributed by atoms with Gasteiger partial charge in [-0.3, -0.25) is 38.5 Å². The maximum Gasteiger partial charge on any atom is 0.471 e. The van der Waals surface area contributed by atoms with E-state index >= 15 is 0 Å². The van der Waals surface area contributed by atoms with E-state index in [1.807, 2.05) is 0 Å². The van der Waals surface area contributed by atoms with E-state index in [4.69, 9.17) is 16.2 Å². The van der Waals surface area contributed by atoms with Crippen molar-refractivity contribution in [1.82, 2.24) is 40.8 Å². The minimum Gasteiger partial charge on any atom is -0.467 e. The summed E-state index contributed by atoms with van der Waals surface area (Å²) >= 11 is 0. The highest BCUT2D eigenvalue weighted by Gasteiger charge is 2.42. The molecule has 332 valence electrons. The van der Waals surface area contributed by atoms with Crippen LogP contribution >= 0.6 is 0 Å². The standard InChI is InChI=1S/C39H41F3N12O9/c1-18(2)27(50-37(62)39(40,41)42)33(58)46-19(3)31(56)48-21-9-12-24-25(14-21)35(60)54(34(24)59)13-5-6-26(36(61)63-4)49-32(57)20-7-10-23(11-8-20)53(17-55)16-22-15-45-30-28(47-22)29(43)51-38(44)52-30/h7-12,14-15,17-19,26-27H,5-6,13,16H2,1-4H3,(H,46,58)(H,48,56)(H,49,57)(H,50,62)(H4,43,44,45,51,52)/t19-,26-,27-/m0/s1. The van der Waals surface area contributed by atoms with Gasteiger partial charge in [0.2, 0.25) is 24.2 Å². The first-order valence-electron chi connectivity index (χ1n) is 19.0. The molecule has 1 aliphatic rings. The van der Waals surface area contributed by atoms with Crippen molar-refractivity contribution in [2.24, 2.45) is 5.92 Å². The SMILES string of the molecule is COC(=O)[C@H](CCCN1C(=O)c2ccc(NC(=O)[C@H](C)NC(=O)[C@@H](NC(=O)C(F)(F)F)C(C)C)cc2C1=O)NC(=O)c1ccc(N(C=O)Cc2cnc3nc(N)nc(N)c3n2)cc1. The minimum atomic E-state index is -5.23. The first kappa shape index (κ1) is 46.3. The molecule has 24 heteroatoms. The lowest BCUT2D eigenvalue weighted by Crippen LogP contribution is -2.55. The van der Waals surface area contributed by atoms with Crippen molar-refractivity contribution in [3.63, 3.8) is 0 Å². The summed E-state index contributed by atoms with van der Waals surface area (Å²) in [6.45, 7) is 3.86. The number of ether oxygens (including phenoxy) is 1. The van der Waals surface area contributed by atoms with Gasteiger partial charge in [-0.2, -0.15) is 23.1 Å². The Morgan fingerprint density at radius 1 is 0.905 bits per heavy atom. The van der Waals surface area contributed by atoms with Crippen LogP contribution in [0, 0.1) is 5.92 Å². The molecule has 3 heterocycles. The molecule has 5 rings (SSSR count). The summed E-state index contributed by atoms with van der Waals surface area (Å²) < 4.78 is 43.2. The lowest BCUT2D eigenvalue weighted by Gasteiger charge is -2.24. The number of halogens is 3. The van der Waals surface area contributed by atoms with Gasteiger partial charge in [-0.25, -0.2) is 14.8 Å². The smallest absolute Gasteiger partial charge is 0.467 e. The largest absolute Gasteiger partial charge is 0.471 e. The molecule has 0 aliphatic carbocycles. The second kappa shape index (κ2) is 19.3. The predicted molar refractivity (Wildman–Crippen MR) is 216 cm³/mol. The van der Waals surface area contributed by atoms with Crippen LogP contribution in [0.1, 0.15) is 70.4 Å². The van der Waals surface area contributed by atoms with Gasteiger partial charge in [-0.05, 0) is 68.1 Å². The number of nitrogens with zero attached hydrogens (tertiary/aromatic N) is 6. The van der Waals surface area contributed by atoms with E-state index in [1.165, 1.54) is 74.3 Å². The number of anilines is 4. The Kier molecular flexibility index (Phi) is 14.2. The fourth-order valence-corrected chi connectivity index (χ4v) is 6.26. The van der Waals surface area contributed by atoms with Crippen LogP contribution in [0.2, 0.25) is 0 Å². The zero-order valence-electron chi connectivity index (χ0n) is 34.0. The van der Waals surface area contributed by atoms with Crippen molar-refractivity contribution in [2.45, 2.75) is 64.5 Å². The number of alkyl halides is 3. The van der Waals surface area contributed by atoms with Crippen LogP contribution in [0.4, 0.5) is 36.3 Å². The van der Waals surface area contributed by atoms with Crippen LogP contribution in [0.25, 0.3) is 11.2 Å². The van der Waals surface area contributed by atoms with Gasteiger partial charge >= 0.3 is 18.1 Å². The molecule has 0 saturated carbocycles. The molecule has 0 saturated heterocycles. The number of amides is 7. The highest BCUT2D eigenvalue weighted by atomic mass is 19.4. The van der Waals surface area contributed by atoms with Gasteiger partial charge in [0.1, 0.15) is 18.1 Å². The highest BCUT2D eigenvalue weighted by Crippen LogP contribution is 2.27. The number of hydrogen-bond donors (Lipinski definition) is 6. The monoisotopic (exact) mass is 878 g/mol. The molecule has 2 aromatic carbocycles. The number of hydrogen-bond acceptors (Lipinski definition) is 15. The van der Waals surface area contributed by atoms with Crippen molar-refractivity contribution in [3.05, 3.63) is 71.0 Å². The van der Waals surface area contributed by atoms with Crippen molar-refractivity contribution >= 4 is 82.1 Å². The van der Waals surface area contributed by atoms with Crippen LogP contribution < -0.4 is 37.6 Å². The fourth-order valence-electron chi connectivity index (χ4n) is 6.26. The van der Waals surface area contributed by atoms with Crippen molar-refractivity contribution in [2.75, 3.05) is 35.3 Å². The van der Waals surface area contributed by atoms with Gasteiger partial charge in [-0.1, -0.05) is 13.8 Å². The maximum atomic E-state index is 13.3. The predicted octanol–water partition coefficient (Wildman–Crippen LogP) is 1.24. The van der Waals surface area contributed by atoms with E-state index < -0.39 is 71.6 Å². The molecule has 21 nitrogen and oxygen atoms in total. The summed E-state index contributed by atoms with van der Waals surface area (Å²) in [6, 6.07) is 5.61. The number of nitrogens with two attached hydrogens (primary N) is 2. The lowest BCUT2D eigenvalue weighted by molar-refractivity contribution is -0.175. The minimum absolute atomic E-state index is 0.0140. The molecule has 0 radical (unpaired) electrons.